The number of halogens is 1. The van der Waals surface area contributed by atoms with Gasteiger partial charge in [-0.2, -0.15) is 4.37 Å². The largest absolute Gasteiger partial charge is 0.269 e. The molecule has 2 rings (SSSR count). The molecule has 0 spiro atoms. The Labute approximate surface area is 100 Å². The maximum absolute atomic E-state index is 10.4. The Hall–Kier alpha value is -1.53. The monoisotopic (exact) mass is 255 g/mol. The van der Waals surface area contributed by atoms with Crippen LogP contribution in [0.2, 0.25) is 4.47 Å². The molecule has 1 aromatic carbocycles. The van der Waals surface area contributed by atoms with Crippen molar-refractivity contribution in [3.05, 3.63) is 50.2 Å². The lowest BCUT2D eigenvalue weighted by atomic mass is 10.1. The lowest BCUT2D eigenvalue weighted by Gasteiger charge is -1.96. The van der Waals surface area contributed by atoms with E-state index in [-0.39, 0.29) is 5.69 Å². The van der Waals surface area contributed by atoms with Crippen molar-refractivity contribution < 1.29 is 4.92 Å². The minimum atomic E-state index is -0.429. The van der Waals surface area contributed by atoms with E-state index in [4.69, 9.17) is 11.6 Å². The van der Waals surface area contributed by atoms with Gasteiger partial charge in [-0.3, -0.25) is 10.1 Å². The number of non-ortho nitro benzene ring substituents is 1. The number of rotatable bonds is 3. The standard InChI is InChI=1S/C9H6ClN3O2S/c10-9-11-8(12-16-9)5-6-1-3-7(4-2-6)13(14)15/h1-4H,5H2. The molecule has 0 aliphatic rings. The Morgan fingerprint density at radius 3 is 2.56 bits per heavy atom. The minimum absolute atomic E-state index is 0.0769. The molecule has 0 aliphatic heterocycles. The van der Waals surface area contributed by atoms with Crippen LogP contribution in [-0.4, -0.2) is 14.3 Å². The van der Waals surface area contributed by atoms with Crippen LogP contribution >= 0.6 is 23.1 Å². The molecule has 5 nitrogen and oxygen atoms in total. The molecule has 0 bridgehead atoms. The van der Waals surface area contributed by atoms with Crippen LogP contribution in [0.3, 0.4) is 0 Å². The van der Waals surface area contributed by atoms with Crippen molar-refractivity contribution in [1.29, 1.82) is 0 Å². The molecule has 16 heavy (non-hydrogen) atoms. The van der Waals surface area contributed by atoms with Gasteiger partial charge >= 0.3 is 0 Å². The molecule has 7 heteroatoms. The van der Waals surface area contributed by atoms with Crippen molar-refractivity contribution in [1.82, 2.24) is 9.36 Å². The topological polar surface area (TPSA) is 68.9 Å². The average Bonchev–Trinajstić information content (AvgIpc) is 2.65. The van der Waals surface area contributed by atoms with Gasteiger partial charge in [-0.1, -0.05) is 12.1 Å². The second kappa shape index (κ2) is 4.54. The Morgan fingerprint density at radius 2 is 2.06 bits per heavy atom. The highest BCUT2D eigenvalue weighted by Gasteiger charge is 2.06. The highest BCUT2D eigenvalue weighted by molar-refractivity contribution is 7.10. The summed E-state index contributed by atoms with van der Waals surface area (Å²) in [5, 5.41) is 10.4. The highest BCUT2D eigenvalue weighted by atomic mass is 35.5. The quantitative estimate of drug-likeness (QED) is 0.625. The van der Waals surface area contributed by atoms with Crippen LogP contribution in [-0.2, 0) is 6.42 Å². The molecule has 82 valence electrons. The summed E-state index contributed by atoms with van der Waals surface area (Å²) in [6, 6.07) is 6.30. The first kappa shape index (κ1) is 11.0. The Morgan fingerprint density at radius 1 is 1.38 bits per heavy atom. The van der Waals surface area contributed by atoms with E-state index in [2.05, 4.69) is 9.36 Å². The summed E-state index contributed by atoms with van der Waals surface area (Å²) in [5.74, 6) is 0.629. The second-order valence-electron chi connectivity index (χ2n) is 3.06. The van der Waals surface area contributed by atoms with E-state index in [0.29, 0.717) is 16.7 Å². The number of nitro benzene ring substituents is 1. The molecule has 0 N–H and O–H groups in total. The number of benzene rings is 1. The minimum Gasteiger partial charge on any atom is -0.258 e. The van der Waals surface area contributed by atoms with Gasteiger partial charge < -0.3 is 0 Å². The van der Waals surface area contributed by atoms with Crippen LogP contribution in [0.25, 0.3) is 0 Å². The number of hydrogen-bond donors (Lipinski definition) is 0. The van der Waals surface area contributed by atoms with E-state index >= 15 is 0 Å². The predicted molar refractivity (Wildman–Crippen MR) is 60.8 cm³/mol. The third-order valence-corrected chi connectivity index (χ3v) is 2.79. The summed E-state index contributed by atoms with van der Waals surface area (Å²) in [4.78, 5) is 14.0. The normalized spacial score (nSPS) is 10.3. The van der Waals surface area contributed by atoms with Crippen LogP contribution in [0.15, 0.2) is 24.3 Å². The van der Waals surface area contributed by atoms with E-state index in [0.717, 1.165) is 17.1 Å². The van der Waals surface area contributed by atoms with Crippen molar-refractivity contribution in [3.63, 3.8) is 0 Å². The zero-order chi connectivity index (χ0) is 11.5. The summed E-state index contributed by atoms with van der Waals surface area (Å²) in [7, 11) is 0. The fourth-order valence-electron chi connectivity index (χ4n) is 1.22. The van der Waals surface area contributed by atoms with Gasteiger partial charge in [-0.15, -0.1) is 0 Å². The Bertz CT molecular complexity index is 512. The van der Waals surface area contributed by atoms with Gasteiger partial charge in [0.05, 0.1) is 4.92 Å². The van der Waals surface area contributed by atoms with Gasteiger partial charge in [0.15, 0.2) is 0 Å². The molecule has 0 saturated heterocycles. The summed E-state index contributed by atoms with van der Waals surface area (Å²) < 4.78 is 4.43. The molecule has 1 aromatic heterocycles. The molecule has 0 aliphatic carbocycles. The number of aromatic nitrogens is 2. The number of nitrogens with zero attached hydrogens (tertiary/aromatic N) is 3. The maximum atomic E-state index is 10.4. The Kier molecular flexibility index (Phi) is 3.12. The molecule has 0 unspecified atom stereocenters. The third-order valence-electron chi connectivity index (χ3n) is 1.95. The lowest BCUT2D eigenvalue weighted by molar-refractivity contribution is -0.384. The van der Waals surface area contributed by atoms with Crippen molar-refractivity contribution in [2.75, 3.05) is 0 Å². The number of nitro groups is 1. The van der Waals surface area contributed by atoms with Crippen molar-refractivity contribution >= 4 is 28.8 Å². The SMILES string of the molecule is O=[N+]([O-])c1ccc(Cc2nsc(Cl)n2)cc1. The summed E-state index contributed by atoms with van der Waals surface area (Å²) in [6.45, 7) is 0. The first-order valence-corrected chi connectivity index (χ1v) is 5.52. The van der Waals surface area contributed by atoms with Gasteiger partial charge in [0.1, 0.15) is 5.82 Å². The number of hydrogen-bond acceptors (Lipinski definition) is 5. The first-order chi connectivity index (χ1) is 7.65. The average molecular weight is 256 g/mol. The summed E-state index contributed by atoms with van der Waals surface area (Å²) >= 11 is 6.78. The van der Waals surface area contributed by atoms with E-state index in [1.165, 1.54) is 12.1 Å². The molecule has 0 atom stereocenters. The predicted octanol–water partition coefficient (Wildman–Crippen LogP) is 2.69. The van der Waals surface area contributed by atoms with Crippen LogP contribution in [0, 0.1) is 10.1 Å². The van der Waals surface area contributed by atoms with E-state index in [9.17, 15) is 10.1 Å². The van der Waals surface area contributed by atoms with Crippen LogP contribution in [0.1, 0.15) is 11.4 Å². The van der Waals surface area contributed by atoms with Gasteiger partial charge in [0.2, 0.25) is 4.47 Å². The van der Waals surface area contributed by atoms with Crippen molar-refractivity contribution in [3.8, 4) is 0 Å². The van der Waals surface area contributed by atoms with E-state index < -0.39 is 4.92 Å². The molecular formula is C9H6ClN3O2S. The molecule has 0 fully saturated rings. The lowest BCUT2D eigenvalue weighted by Crippen LogP contribution is -1.92. The fourth-order valence-corrected chi connectivity index (χ4v) is 1.86. The van der Waals surface area contributed by atoms with Gasteiger partial charge in [0, 0.05) is 18.6 Å². The van der Waals surface area contributed by atoms with Crippen LogP contribution in [0.4, 0.5) is 5.69 Å². The van der Waals surface area contributed by atoms with Gasteiger partial charge in [-0.25, -0.2) is 4.98 Å². The molecular weight excluding hydrogens is 250 g/mol. The molecule has 0 amide bonds. The first-order valence-electron chi connectivity index (χ1n) is 4.36. The van der Waals surface area contributed by atoms with Crippen molar-refractivity contribution in [2.24, 2.45) is 0 Å². The molecule has 1 heterocycles. The summed E-state index contributed by atoms with van der Waals surface area (Å²) in [5.41, 5.74) is 0.994. The highest BCUT2D eigenvalue weighted by Crippen LogP contribution is 2.16. The summed E-state index contributed by atoms with van der Waals surface area (Å²) in [6.07, 6.45) is 0.529. The third kappa shape index (κ3) is 2.53. The second-order valence-corrected chi connectivity index (χ2v) is 4.40. The van der Waals surface area contributed by atoms with E-state index in [1.54, 1.807) is 12.1 Å². The van der Waals surface area contributed by atoms with E-state index in [1.807, 2.05) is 0 Å². The zero-order valence-electron chi connectivity index (χ0n) is 7.96. The maximum Gasteiger partial charge on any atom is 0.269 e. The fraction of sp³-hybridized carbons (Fsp3) is 0.111. The van der Waals surface area contributed by atoms with Gasteiger partial charge in [-0.05, 0) is 28.7 Å². The molecule has 2 aromatic rings. The van der Waals surface area contributed by atoms with Crippen molar-refractivity contribution in [2.45, 2.75) is 6.42 Å². The Balaban J connectivity index is 2.14. The zero-order valence-corrected chi connectivity index (χ0v) is 9.53. The van der Waals surface area contributed by atoms with Crippen LogP contribution in [0.5, 0.6) is 0 Å². The smallest absolute Gasteiger partial charge is 0.258 e. The van der Waals surface area contributed by atoms with Crippen LogP contribution < -0.4 is 0 Å². The molecule has 0 radical (unpaired) electrons. The molecule has 0 saturated carbocycles. The van der Waals surface area contributed by atoms with Gasteiger partial charge in [0.25, 0.3) is 5.69 Å².